The van der Waals surface area contributed by atoms with Crippen LogP contribution in [0.3, 0.4) is 0 Å². The van der Waals surface area contributed by atoms with Crippen molar-refractivity contribution in [2.75, 3.05) is 35.7 Å². The number of nitrogens with zero attached hydrogens (tertiary/aromatic N) is 3. The summed E-state index contributed by atoms with van der Waals surface area (Å²) in [6.07, 6.45) is 4.14. The first-order chi connectivity index (χ1) is 18.0. The maximum absolute atomic E-state index is 12.4. The SMILES string of the molecule is CNC1CCN(c2ccc(Nc3nc(N[C@H]4CC[C@H](O)C4)c(-c4ccccc4)nc3C(N)=O)cc2)CC1. The van der Waals surface area contributed by atoms with E-state index in [0.29, 0.717) is 29.8 Å². The van der Waals surface area contributed by atoms with Gasteiger partial charge < -0.3 is 31.7 Å². The van der Waals surface area contributed by atoms with Crippen molar-refractivity contribution in [3.05, 3.63) is 60.3 Å². The second-order valence-corrected chi connectivity index (χ2v) is 9.88. The quantitative estimate of drug-likeness (QED) is 0.317. The Bertz CT molecular complexity index is 1210. The van der Waals surface area contributed by atoms with E-state index in [9.17, 15) is 9.90 Å². The standard InChI is InChI=1S/C28H35N7O2/c1-30-19-13-15-35(16-14-19)22-10-7-20(8-11-22)31-28-25(26(29)37)33-24(18-5-3-2-4-6-18)27(34-28)32-21-9-12-23(36)17-21/h2-8,10-11,19,21,23,30,36H,9,12-17H2,1H3,(H2,29,37)(H2,31,32,34)/t21-,23-/m0/s1. The first-order valence-corrected chi connectivity index (χ1v) is 13.0. The molecule has 9 heteroatoms. The number of hydrogen-bond acceptors (Lipinski definition) is 8. The van der Waals surface area contributed by atoms with Crippen LogP contribution >= 0.6 is 0 Å². The van der Waals surface area contributed by atoms with Gasteiger partial charge in [-0.15, -0.1) is 0 Å². The fourth-order valence-electron chi connectivity index (χ4n) is 5.19. The molecule has 9 nitrogen and oxygen atoms in total. The van der Waals surface area contributed by atoms with Crippen molar-refractivity contribution in [1.82, 2.24) is 15.3 Å². The van der Waals surface area contributed by atoms with E-state index >= 15 is 0 Å². The second-order valence-electron chi connectivity index (χ2n) is 9.88. The van der Waals surface area contributed by atoms with Crippen LogP contribution in [0.1, 0.15) is 42.6 Å². The number of hydrogen-bond donors (Lipinski definition) is 5. The summed E-state index contributed by atoms with van der Waals surface area (Å²) in [6.45, 7) is 2.03. The van der Waals surface area contributed by atoms with Crippen LogP contribution in [0, 0.1) is 0 Å². The Labute approximate surface area is 217 Å². The van der Waals surface area contributed by atoms with Gasteiger partial charge in [-0.3, -0.25) is 4.79 Å². The average molecular weight is 502 g/mol. The second kappa shape index (κ2) is 11.1. The van der Waals surface area contributed by atoms with E-state index in [1.165, 1.54) is 5.69 Å². The van der Waals surface area contributed by atoms with Crippen LogP contribution in [-0.2, 0) is 0 Å². The van der Waals surface area contributed by atoms with Crippen LogP contribution < -0.4 is 26.6 Å². The highest BCUT2D eigenvalue weighted by Crippen LogP contribution is 2.32. The number of nitrogens with one attached hydrogen (secondary N) is 3. The Hall–Kier alpha value is -3.69. The van der Waals surface area contributed by atoms with Gasteiger partial charge in [-0.1, -0.05) is 30.3 Å². The fraction of sp³-hybridized carbons (Fsp3) is 0.393. The summed E-state index contributed by atoms with van der Waals surface area (Å²) < 4.78 is 0. The molecule has 2 aliphatic rings. The maximum Gasteiger partial charge on any atom is 0.271 e. The number of aliphatic hydroxyl groups excluding tert-OH is 1. The van der Waals surface area contributed by atoms with Crippen molar-refractivity contribution in [2.24, 2.45) is 5.73 Å². The van der Waals surface area contributed by atoms with Crippen LogP contribution in [0.15, 0.2) is 54.6 Å². The van der Waals surface area contributed by atoms with Crippen molar-refractivity contribution < 1.29 is 9.90 Å². The Morgan fingerprint density at radius 3 is 2.30 bits per heavy atom. The van der Waals surface area contributed by atoms with Crippen LogP contribution in [0.5, 0.6) is 0 Å². The molecule has 1 saturated carbocycles. The van der Waals surface area contributed by atoms with E-state index in [-0.39, 0.29) is 17.8 Å². The lowest BCUT2D eigenvalue weighted by atomic mass is 10.0. The summed E-state index contributed by atoms with van der Waals surface area (Å²) >= 11 is 0. The van der Waals surface area contributed by atoms with E-state index in [1.807, 2.05) is 49.5 Å². The molecule has 2 aromatic carbocycles. The van der Waals surface area contributed by atoms with Gasteiger partial charge in [0.15, 0.2) is 17.3 Å². The van der Waals surface area contributed by atoms with E-state index < -0.39 is 5.91 Å². The average Bonchev–Trinajstić information content (AvgIpc) is 3.34. The maximum atomic E-state index is 12.4. The molecule has 37 heavy (non-hydrogen) atoms. The molecule has 194 valence electrons. The van der Waals surface area contributed by atoms with Crippen molar-refractivity contribution in [2.45, 2.75) is 50.3 Å². The number of rotatable bonds is 8. The first-order valence-electron chi connectivity index (χ1n) is 13.0. The largest absolute Gasteiger partial charge is 0.393 e. The van der Waals surface area contributed by atoms with Gasteiger partial charge in [0.05, 0.1) is 6.10 Å². The number of anilines is 4. The Morgan fingerprint density at radius 1 is 0.946 bits per heavy atom. The molecular weight excluding hydrogens is 466 g/mol. The van der Waals surface area contributed by atoms with Gasteiger partial charge in [-0.25, -0.2) is 9.97 Å². The molecule has 0 bridgehead atoms. The summed E-state index contributed by atoms with van der Waals surface area (Å²) in [4.78, 5) is 24.3. The molecule has 1 aliphatic heterocycles. The fourth-order valence-corrected chi connectivity index (χ4v) is 5.19. The zero-order chi connectivity index (χ0) is 25.8. The van der Waals surface area contributed by atoms with Crippen molar-refractivity contribution in [3.8, 4) is 11.3 Å². The normalized spacial score (nSPS) is 20.1. The zero-order valence-electron chi connectivity index (χ0n) is 21.2. The highest BCUT2D eigenvalue weighted by Gasteiger charge is 2.26. The number of aromatic nitrogens is 2. The molecule has 5 rings (SSSR count). The molecule has 1 amide bonds. The highest BCUT2D eigenvalue weighted by molar-refractivity contribution is 5.97. The molecule has 6 N–H and O–H groups in total. The van der Waals surface area contributed by atoms with Crippen LogP contribution in [0.4, 0.5) is 23.0 Å². The van der Waals surface area contributed by atoms with Gasteiger partial charge in [-0.2, -0.15) is 0 Å². The van der Waals surface area contributed by atoms with Crippen molar-refractivity contribution in [1.29, 1.82) is 0 Å². The number of carbonyl (C=O) groups is 1. The van der Waals surface area contributed by atoms with Crippen molar-refractivity contribution in [3.63, 3.8) is 0 Å². The minimum atomic E-state index is -0.654. The van der Waals surface area contributed by atoms with Gasteiger partial charge in [0.1, 0.15) is 5.69 Å². The summed E-state index contributed by atoms with van der Waals surface area (Å²) in [6, 6.07) is 18.4. The summed E-state index contributed by atoms with van der Waals surface area (Å²) in [5.74, 6) is 0.205. The third-order valence-electron chi connectivity index (χ3n) is 7.32. The molecule has 3 aromatic rings. The number of benzene rings is 2. The third-order valence-corrected chi connectivity index (χ3v) is 7.32. The molecule has 0 spiro atoms. The molecular formula is C28H35N7O2. The van der Waals surface area contributed by atoms with E-state index in [2.05, 4.69) is 38.0 Å². The molecule has 1 aliphatic carbocycles. The molecule has 2 heterocycles. The summed E-state index contributed by atoms with van der Waals surface area (Å²) in [7, 11) is 2.02. The molecule has 1 aromatic heterocycles. The lowest BCUT2D eigenvalue weighted by Gasteiger charge is -2.33. The van der Waals surface area contributed by atoms with Gasteiger partial charge in [0.2, 0.25) is 0 Å². The number of piperidine rings is 1. The third kappa shape index (κ3) is 5.84. The van der Waals surface area contributed by atoms with Crippen molar-refractivity contribution >= 4 is 28.9 Å². The van der Waals surface area contributed by atoms with Gasteiger partial charge in [0, 0.05) is 42.1 Å². The minimum absolute atomic E-state index is 0.0744. The number of nitrogens with two attached hydrogens (primary N) is 1. The number of carbonyl (C=O) groups excluding carboxylic acids is 1. The Balaban J connectivity index is 1.42. The lowest BCUT2D eigenvalue weighted by Crippen LogP contribution is -2.41. The molecule has 1 saturated heterocycles. The monoisotopic (exact) mass is 501 g/mol. The topological polar surface area (TPSA) is 128 Å². The molecule has 2 atom stereocenters. The number of primary amides is 1. The lowest BCUT2D eigenvalue weighted by molar-refractivity contribution is 0.0996. The minimum Gasteiger partial charge on any atom is -0.393 e. The number of amides is 1. The predicted octanol–water partition coefficient (Wildman–Crippen LogP) is 3.50. The summed E-state index contributed by atoms with van der Waals surface area (Å²) in [5.41, 5.74) is 9.17. The van der Waals surface area contributed by atoms with Gasteiger partial charge >= 0.3 is 0 Å². The van der Waals surface area contributed by atoms with Crippen LogP contribution in [0.2, 0.25) is 0 Å². The first kappa shape index (κ1) is 25.0. The zero-order valence-corrected chi connectivity index (χ0v) is 21.2. The smallest absolute Gasteiger partial charge is 0.271 e. The van der Waals surface area contributed by atoms with E-state index in [4.69, 9.17) is 10.7 Å². The number of aliphatic hydroxyl groups is 1. The van der Waals surface area contributed by atoms with Gasteiger partial charge in [0.25, 0.3) is 5.91 Å². The van der Waals surface area contributed by atoms with E-state index in [1.54, 1.807) is 0 Å². The highest BCUT2D eigenvalue weighted by atomic mass is 16.3. The van der Waals surface area contributed by atoms with Crippen LogP contribution in [0.25, 0.3) is 11.3 Å². The van der Waals surface area contributed by atoms with Crippen LogP contribution in [-0.4, -0.2) is 59.3 Å². The van der Waals surface area contributed by atoms with E-state index in [0.717, 1.165) is 50.0 Å². The Kier molecular flexibility index (Phi) is 7.52. The van der Waals surface area contributed by atoms with Gasteiger partial charge in [-0.05, 0) is 63.4 Å². The summed E-state index contributed by atoms with van der Waals surface area (Å²) in [5, 5.41) is 20.1. The Morgan fingerprint density at radius 2 is 1.68 bits per heavy atom. The molecule has 2 fully saturated rings. The molecule has 0 unspecified atom stereocenters. The molecule has 0 radical (unpaired) electrons. The predicted molar refractivity (Wildman–Crippen MR) is 147 cm³/mol.